The number of halogens is 1. The van der Waals surface area contributed by atoms with Crippen molar-refractivity contribution in [1.82, 2.24) is 15.6 Å². The fourth-order valence-electron chi connectivity index (χ4n) is 3.28. The summed E-state index contributed by atoms with van der Waals surface area (Å²) in [6, 6.07) is 4.14. The maximum atomic E-state index is 12.3. The van der Waals surface area contributed by atoms with Crippen molar-refractivity contribution in [1.29, 1.82) is 0 Å². The summed E-state index contributed by atoms with van der Waals surface area (Å²) in [6.07, 6.45) is 3.78. The second kappa shape index (κ2) is 4.46. The van der Waals surface area contributed by atoms with E-state index in [1.165, 1.54) is 0 Å². The zero-order valence-corrected chi connectivity index (χ0v) is 11.5. The first kappa shape index (κ1) is 12.2. The normalized spacial score (nSPS) is 28.1. The van der Waals surface area contributed by atoms with Crippen LogP contribution in [0.25, 0.3) is 11.0 Å². The van der Waals surface area contributed by atoms with E-state index in [1.54, 1.807) is 18.3 Å². The molecular weight excluding hydrogens is 278 g/mol. The van der Waals surface area contributed by atoms with Crippen LogP contribution in [0.3, 0.4) is 0 Å². The van der Waals surface area contributed by atoms with Crippen LogP contribution < -0.4 is 10.6 Å². The van der Waals surface area contributed by atoms with Gasteiger partial charge in [-0.3, -0.25) is 9.78 Å². The summed E-state index contributed by atoms with van der Waals surface area (Å²) in [6.45, 7) is 0.996. The van der Waals surface area contributed by atoms with Crippen LogP contribution in [0, 0.1) is 5.92 Å². The molecule has 104 valence electrons. The topological polar surface area (TPSA) is 67.2 Å². The number of nitrogens with zero attached hydrogens (tertiary/aromatic N) is 1. The summed E-state index contributed by atoms with van der Waals surface area (Å²) >= 11 is 5.79. The highest BCUT2D eigenvalue weighted by molar-refractivity contribution is 6.29. The molecule has 1 saturated carbocycles. The highest BCUT2D eigenvalue weighted by atomic mass is 35.5. The SMILES string of the molecule is O=C(NC1CC2CC1CN2)c1cc2oc(Cl)cc2cn1. The van der Waals surface area contributed by atoms with Crippen molar-refractivity contribution in [3.05, 3.63) is 29.2 Å². The maximum Gasteiger partial charge on any atom is 0.270 e. The third-order valence-electron chi connectivity index (χ3n) is 4.28. The van der Waals surface area contributed by atoms with Gasteiger partial charge < -0.3 is 15.1 Å². The fourth-order valence-corrected chi connectivity index (χ4v) is 3.48. The predicted octanol–water partition coefficient (Wildman–Crippen LogP) is 1.96. The van der Waals surface area contributed by atoms with Crippen LogP contribution in [-0.2, 0) is 0 Å². The number of carbonyl (C=O) groups excluding carboxylic acids is 1. The van der Waals surface area contributed by atoms with Crippen molar-refractivity contribution >= 4 is 28.5 Å². The second-order valence-electron chi connectivity index (χ2n) is 5.57. The van der Waals surface area contributed by atoms with E-state index < -0.39 is 0 Å². The van der Waals surface area contributed by atoms with Gasteiger partial charge in [-0.05, 0) is 30.4 Å². The number of rotatable bonds is 2. The molecule has 1 amide bonds. The number of amides is 1. The van der Waals surface area contributed by atoms with Gasteiger partial charge in [0.1, 0.15) is 11.3 Å². The van der Waals surface area contributed by atoms with Crippen LogP contribution in [-0.4, -0.2) is 29.5 Å². The molecule has 0 spiro atoms. The number of fused-ring (bicyclic) bond motifs is 3. The van der Waals surface area contributed by atoms with Crippen LogP contribution in [0.2, 0.25) is 5.22 Å². The predicted molar refractivity (Wildman–Crippen MR) is 74.8 cm³/mol. The average molecular weight is 292 g/mol. The van der Waals surface area contributed by atoms with E-state index in [0.717, 1.165) is 24.8 Å². The molecule has 2 N–H and O–H groups in total. The second-order valence-corrected chi connectivity index (χ2v) is 5.95. The zero-order chi connectivity index (χ0) is 13.7. The van der Waals surface area contributed by atoms with E-state index in [1.807, 2.05) is 0 Å². The Kier molecular flexibility index (Phi) is 2.72. The summed E-state index contributed by atoms with van der Waals surface area (Å²) in [7, 11) is 0. The molecule has 3 unspecified atom stereocenters. The average Bonchev–Trinajstić information content (AvgIpc) is 3.10. The molecular formula is C14H14ClN3O2. The minimum Gasteiger partial charge on any atom is -0.445 e. The van der Waals surface area contributed by atoms with Crippen LogP contribution >= 0.6 is 11.6 Å². The number of furan rings is 1. The molecule has 1 saturated heterocycles. The van der Waals surface area contributed by atoms with E-state index in [-0.39, 0.29) is 11.9 Å². The molecule has 1 aliphatic heterocycles. The lowest BCUT2D eigenvalue weighted by Crippen LogP contribution is -2.44. The van der Waals surface area contributed by atoms with E-state index >= 15 is 0 Å². The lowest BCUT2D eigenvalue weighted by molar-refractivity contribution is 0.0920. The van der Waals surface area contributed by atoms with Crippen molar-refractivity contribution in [2.75, 3.05) is 6.54 Å². The lowest BCUT2D eigenvalue weighted by atomic mass is 10.0. The standard InChI is InChI=1S/C14H14ClN3O2/c15-13-2-8-6-17-11(4-12(8)20-13)14(19)18-10-3-9-1-7(10)5-16-9/h2,4,6-7,9-10,16H,1,3,5H2,(H,18,19). The molecule has 2 fully saturated rings. The molecule has 3 atom stereocenters. The smallest absolute Gasteiger partial charge is 0.270 e. The summed E-state index contributed by atoms with van der Waals surface area (Å²) < 4.78 is 5.31. The van der Waals surface area contributed by atoms with Crippen LogP contribution in [0.1, 0.15) is 23.3 Å². The van der Waals surface area contributed by atoms with Gasteiger partial charge in [0.15, 0.2) is 5.22 Å². The molecule has 20 heavy (non-hydrogen) atoms. The highest BCUT2D eigenvalue weighted by Gasteiger charge is 2.40. The molecule has 6 heteroatoms. The van der Waals surface area contributed by atoms with Gasteiger partial charge in [0.25, 0.3) is 5.91 Å². The summed E-state index contributed by atoms with van der Waals surface area (Å²) in [5.41, 5.74) is 0.962. The third-order valence-corrected chi connectivity index (χ3v) is 4.47. The Balaban J connectivity index is 1.54. The van der Waals surface area contributed by atoms with E-state index in [2.05, 4.69) is 15.6 Å². The van der Waals surface area contributed by atoms with Crippen molar-refractivity contribution in [2.24, 2.45) is 5.92 Å². The molecule has 1 aliphatic carbocycles. The van der Waals surface area contributed by atoms with Crippen LogP contribution in [0.4, 0.5) is 0 Å². The largest absolute Gasteiger partial charge is 0.445 e. The summed E-state index contributed by atoms with van der Waals surface area (Å²) in [5, 5.41) is 7.62. The van der Waals surface area contributed by atoms with Crippen molar-refractivity contribution in [3.63, 3.8) is 0 Å². The fraction of sp³-hybridized carbons (Fsp3) is 0.429. The summed E-state index contributed by atoms with van der Waals surface area (Å²) in [5.74, 6) is 0.405. The number of aromatic nitrogens is 1. The lowest BCUT2D eigenvalue weighted by Gasteiger charge is -2.23. The molecule has 2 aromatic rings. The van der Waals surface area contributed by atoms with Gasteiger partial charge in [-0.2, -0.15) is 0 Å². The van der Waals surface area contributed by atoms with Gasteiger partial charge >= 0.3 is 0 Å². The first-order valence-electron chi connectivity index (χ1n) is 6.78. The van der Waals surface area contributed by atoms with Gasteiger partial charge in [-0.25, -0.2) is 0 Å². The molecule has 4 rings (SSSR count). The Bertz CT molecular complexity index is 684. The number of hydrogen-bond acceptors (Lipinski definition) is 4. The minimum atomic E-state index is -0.142. The Labute approximate surface area is 120 Å². The van der Waals surface area contributed by atoms with Gasteiger partial charge in [0.05, 0.1) is 0 Å². The highest BCUT2D eigenvalue weighted by Crippen LogP contribution is 2.31. The molecule has 2 aromatic heterocycles. The Morgan fingerprint density at radius 2 is 2.35 bits per heavy atom. The third kappa shape index (κ3) is 1.98. The Hall–Kier alpha value is -1.59. The van der Waals surface area contributed by atoms with Gasteiger partial charge in [-0.1, -0.05) is 0 Å². The van der Waals surface area contributed by atoms with Gasteiger partial charge in [0.2, 0.25) is 0 Å². The number of pyridine rings is 1. The first-order chi connectivity index (χ1) is 9.69. The van der Waals surface area contributed by atoms with Crippen molar-refractivity contribution < 1.29 is 9.21 Å². The monoisotopic (exact) mass is 291 g/mol. The van der Waals surface area contributed by atoms with Crippen molar-refractivity contribution in [2.45, 2.75) is 24.9 Å². The Morgan fingerprint density at radius 3 is 3.10 bits per heavy atom. The first-order valence-corrected chi connectivity index (χ1v) is 7.16. The number of hydrogen-bond donors (Lipinski definition) is 2. The van der Waals surface area contributed by atoms with E-state index in [4.69, 9.17) is 16.0 Å². The van der Waals surface area contributed by atoms with Gasteiger partial charge in [0, 0.05) is 42.3 Å². The van der Waals surface area contributed by atoms with Crippen LogP contribution in [0.5, 0.6) is 0 Å². The molecule has 0 aromatic carbocycles. The molecule has 3 heterocycles. The molecule has 5 nitrogen and oxygen atoms in total. The minimum absolute atomic E-state index is 0.142. The van der Waals surface area contributed by atoms with E-state index in [9.17, 15) is 4.79 Å². The number of piperidine rings is 1. The zero-order valence-electron chi connectivity index (χ0n) is 10.7. The van der Waals surface area contributed by atoms with E-state index in [0.29, 0.717) is 28.5 Å². The molecule has 2 aliphatic rings. The van der Waals surface area contributed by atoms with Gasteiger partial charge in [-0.15, -0.1) is 0 Å². The maximum absolute atomic E-state index is 12.3. The Morgan fingerprint density at radius 1 is 1.45 bits per heavy atom. The van der Waals surface area contributed by atoms with Crippen LogP contribution in [0.15, 0.2) is 22.7 Å². The number of nitrogens with one attached hydrogen (secondary N) is 2. The quantitative estimate of drug-likeness (QED) is 0.888. The number of carbonyl (C=O) groups is 1. The summed E-state index contributed by atoms with van der Waals surface area (Å²) in [4.78, 5) is 16.4. The molecule has 0 radical (unpaired) electrons. The van der Waals surface area contributed by atoms with Crippen molar-refractivity contribution in [3.8, 4) is 0 Å². The molecule has 2 bridgehead atoms.